The second-order valence-electron chi connectivity index (χ2n) is 4.88. The Kier molecular flexibility index (Phi) is 4.65. The number of hydrogen-bond acceptors (Lipinski definition) is 4. The fourth-order valence-corrected chi connectivity index (χ4v) is 3.04. The Morgan fingerprint density at radius 1 is 1.45 bits per heavy atom. The van der Waals surface area contributed by atoms with Gasteiger partial charge in [-0.1, -0.05) is 25.1 Å². The molecule has 2 aromatic rings. The Labute approximate surface area is 122 Å². The highest BCUT2D eigenvalue weighted by atomic mass is 32.2. The van der Waals surface area contributed by atoms with Crippen molar-refractivity contribution in [2.24, 2.45) is 0 Å². The van der Waals surface area contributed by atoms with E-state index in [0.717, 1.165) is 34.9 Å². The molecule has 0 aliphatic rings. The van der Waals surface area contributed by atoms with Crippen molar-refractivity contribution >= 4 is 28.9 Å². The normalized spacial score (nSPS) is 12.8. The van der Waals surface area contributed by atoms with E-state index in [9.17, 15) is 4.79 Å². The van der Waals surface area contributed by atoms with E-state index in [1.54, 1.807) is 0 Å². The van der Waals surface area contributed by atoms with E-state index in [4.69, 9.17) is 5.11 Å². The minimum Gasteiger partial charge on any atom is -0.481 e. The predicted octanol–water partition coefficient (Wildman–Crippen LogP) is 3.28. The third-order valence-corrected chi connectivity index (χ3v) is 4.05. The first-order valence-corrected chi connectivity index (χ1v) is 7.71. The molecule has 0 saturated carbocycles. The number of aliphatic carboxylic acids is 1. The highest BCUT2D eigenvalue weighted by Gasteiger charge is 2.17. The average molecular weight is 293 g/mol. The molecule has 108 valence electrons. The average Bonchev–Trinajstić information content (AvgIpc) is 2.74. The van der Waals surface area contributed by atoms with Gasteiger partial charge in [0.15, 0.2) is 10.8 Å². The van der Waals surface area contributed by atoms with Crippen LogP contribution in [0.4, 0.5) is 0 Å². The first-order valence-electron chi connectivity index (χ1n) is 6.73. The molecule has 2 rings (SSSR count). The van der Waals surface area contributed by atoms with Gasteiger partial charge < -0.3 is 9.67 Å². The van der Waals surface area contributed by atoms with Crippen LogP contribution in [-0.4, -0.2) is 31.4 Å². The van der Waals surface area contributed by atoms with Crippen LogP contribution in [0, 0.1) is 6.92 Å². The molecule has 0 aliphatic carbocycles. The van der Waals surface area contributed by atoms with E-state index in [-0.39, 0.29) is 11.8 Å². The van der Waals surface area contributed by atoms with Gasteiger partial charge in [-0.2, -0.15) is 0 Å². The number of hydrogen-bond donors (Lipinski definition) is 1. The van der Waals surface area contributed by atoms with Crippen LogP contribution < -0.4 is 0 Å². The van der Waals surface area contributed by atoms with Crippen LogP contribution in [0.15, 0.2) is 17.3 Å². The lowest BCUT2D eigenvalue weighted by atomic mass is 10.2. The fourth-order valence-electron chi connectivity index (χ4n) is 2.22. The maximum Gasteiger partial charge on any atom is 0.313 e. The Hall–Kier alpha value is -1.56. The van der Waals surface area contributed by atoms with Crippen molar-refractivity contribution in [1.29, 1.82) is 0 Å². The van der Waals surface area contributed by atoms with Gasteiger partial charge in [-0.25, -0.2) is 9.97 Å². The number of carboxylic acids is 1. The van der Waals surface area contributed by atoms with E-state index in [1.807, 2.05) is 19.1 Å². The van der Waals surface area contributed by atoms with Crippen LogP contribution in [-0.2, 0) is 4.79 Å². The quantitative estimate of drug-likeness (QED) is 0.828. The molecule has 0 saturated heterocycles. The smallest absolute Gasteiger partial charge is 0.313 e. The molecule has 5 nitrogen and oxygen atoms in total. The van der Waals surface area contributed by atoms with E-state index in [0.29, 0.717) is 0 Å². The second-order valence-corrected chi connectivity index (χ2v) is 5.82. The summed E-state index contributed by atoms with van der Waals surface area (Å²) in [6.45, 7) is 6.21. The van der Waals surface area contributed by atoms with Gasteiger partial charge in [0.1, 0.15) is 5.52 Å². The number of aryl methyl sites for hydroxylation is 1. The summed E-state index contributed by atoms with van der Waals surface area (Å²) >= 11 is 1.25. The number of aromatic nitrogens is 3. The Bertz CT molecular complexity index is 624. The molecule has 0 aliphatic heterocycles. The van der Waals surface area contributed by atoms with Crippen LogP contribution in [0.5, 0.6) is 0 Å². The van der Waals surface area contributed by atoms with E-state index in [2.05, 4.69) is 28.4 Å². The molecule has 0 bridgehead atoms. The molecule has 1 unspecified atom stereocenters. The summed E-state index contributed by atoms with van der Waals surface area (Å²) in [7, 11) is 0. The molecule has 0 aromatic carbocycles. The Balaban J connectivity index is 2.48. The summed E-state index contributed by atoms with van der Waals surface area (Å²) in [6.07, 6.45) is 2.08. The van der Waals surface area contributed by atoms with Crippen molar-refractivity contribution in [3.63, 3.8) is 0 Å². The number of carboxylic acid groups (broad SMARTS) is 1. The summed E-state index contributed by atoms with van der Waals surface area (Å²) < 4.78 is 2.07. The third-order valence-electron chi connectivity index (χ3n) is 3.12. The van der Waals surface area contributed by atoms with Crippen molar-refractivity contribution in [3.05, 3.63) is 17.8 Å². The van der Waals surface area contributed by atoms with Gasteiger partial charge in [-0.05, 0) is 32.4 Å². The molecule has 1 N–H and O–H groups in total. The van der Waals surface area contributed by atoms with Crippen LogP contribution in [0.3, 0.4) is 0 Å². The van der Waals surface area contributed by atoms with Crippen molar-refractivity contribution in [1.82, 2.24) is 14.5 Å². The van der Waals surface area contributed by atoms with Gasteiger partial charge in [-0.15, -0.1) is 0 Å². The zero-order valence-corrected chi connectivity index (χ0v) is 12.8. The molecule has 1 atom stereocenters. The minimum atomic E-state index is -0.833. The van der Waals surface area contributed by atoms with E-state index >= 15 is 0 Å². The lowest BCUT2D eigenvalue weighted by Crippen LogP contribution is -2.08. The number of imidazole rings is 1. The van der Waals surface area contributed by atoms with E-state index < -0.39 is 5.97 Å². The summed E-state index contributed by atoms with van der Waals surface area (Å²) in [5, 5.41) is 9.59. The van der Waals surface area contributed by atoms with Gasteiger partial charge in [0, 0.05) is 11.7 Å². The summed E-state index contributed by atoms with van der Waals surface area (Å²) in [6, 6.07) is 4.13. The van der Waals surface area contributed by atoms with Crippen LogP contribution in [0.2, 0.25) is 0 Å². The van der Waals surface area contributed by atoms with E-state index in [1.165, 1.54) is 11.8 Å². The molecule has 2 heterocycles. The van der Waals surface area contributed by atoms with Crippen LogP contribution >= 0.6 is 11.8 Å². The maximum atomic E-state index is 10.8. The zero-order chi connectivity index (χ0) is 14.7. The highest BCUT2D eigenvalue weighted by Crippen LogP contribution is 2.28. The van der Waals surface area contributed by atoms with Crippen LogP contribution in [0.25, 0.3) is 11.2 Å². The number of pyridine rings is 1. The van der Waals surface area contributed by atoms with Crippen molar-refractivity contribution in [3.8, 4) is 0 Å². The van der Waals surface area contributed by atoms with Crippen LogP contribution in [0.1, 0.15) is 38.4 Å². The molecule has 6 heteroatoms. The topological polar surface area (TPSA) is 68.0 Å². The monoisotopic (exact) mass is 293 g/mol. The Morgan fingerprint density at radius 3 is 2.85 bits per heavy atom. The SMILES string of the molecule is CCCC(C)n1c(SCC(=O)O)nc2ccc(C)nc21. The standard InChI is InChI=1S/C14H19N3O2S/c1-4-5-10(3)17-13-11(7-6-9(2)15-13)16-14(17)20-8-12(18)19/h6-7,10H,4-5,8H2,1-3H3,(H,18,19). The molecule has 0 fully saturated rings. The first kappa shape index (κ1) is 14.8. The highest BCUT2D eigenvalue weighted by molar-refractivity contribution is 7.99. The van der Waals surface area contributed by atoms with Gasteiger partial charge in [0.05, 0.1) is 5.75 Å². The number of carbonyl (C=O) groups is 1. The van der Waals surface area contributed by atoms with Crippen molar-refractivity contribution < 1.29 is 9.90 Å². The number of fused-ring (bicyclic) bond motifs is 1. The summed E-state index contributed by atoms with van der Waals surface area (Å²) in [5.74, 6) is -0.817. The molecule has 0 amide bonds. The lowest BCUT2D eigenvalue weighted by Gasteiger charge is -2.15. The fraction of sp³-hybridized carbons (Fsp3) is 0.500. The molecule has 2 aromatic heterocycles. The summed E-state index contributed by atoms with van der Waals surface area (Å²) in [4.78, 5) is 19.9. The van der Waals surface area contributed by atoms with Gasteiger partial charge in [0.2, 0.25) is 0 Å². The third kappa shape index (κ3) is 3.12. The second kappa shape index (κ2) is 6.26. The maximum absolute atomic E-state index is 10.8. The first-order chi connectivity index (χ1) is 9.52. The minimum absolute atomic E-state index is 0.0150. The predicted molar refractivity (Wildman–Crippen MR) is 80.2 cm³/mol. The number of thioether (sulfide) groups is 1. The van der Waals surface area contributed by atoms with Gasteiger partial charge in [0.25, 0.3) is 0 Å². The lowest BCUT2D eigenvalue weighted by molar-refractivity contribution is -0.133. The van der Waals surface area contributed by atoms with Crippen molar-refractivity contribution in [2.75, 3.05) is 5.75 Å². The zero-order valence-electron chi connectivity index (χ0n) is 12.0. The Morgan fingerprint density at radius 2 is 2.20 bits per heavy atom. The van der Waals surface area contributed by atoms with Gasteiger partial charge in [-0.3, -0.25) is 4.79 Å². The number of nitrogens with zero attached hydrogens (tertiary/aromatic N) is 3. The molecular formula is C14H19N3O2S. The molecular weight excluding hydrogens is 274 g/mol. The van der Waals surface area contributed by atoms with Crippen molar-refractivity contribution in [2.45, 2.75) is 44.8 Å². The molecule has 20 heavy (non-hydrogen) atoms. The van der Waals surface area contributed by atoms with Gasteiger partial charge >= 0.3 is 5.97 Å². The largest absolute Gasteiger partial charge is 0.481 e. The molecule has 0 spiro atoms. The number of rotatable bonds is 6. The molecule has 0 radical (unpaired) electrons. The summed E-state index contributed by atoms with van der Waals surface area (Å²) in [5.41, 5.74) is 2.61.